The Bertz CT molecular complexity index is 2780. The number of hydrogen-bond donors (Lipinski definition) is 4. The second-order valence-electron chi connectivity index (χ2n) is 24.5. The number of carbonyl (C=O) groups is 7. The minimum Gasteiger partial charge on any atom is -0.480 e. The van der Waals surface area contributed by atoms with Crippen molar-refractivity contribution < 1.29 is 48.1 Å². The Morgan fingerprint density at radius 3 is 1.88 bits per heavy atom. The fourth-order valence-corrected chi connectivity index (χ4v) is 14.1. The Morgan fingerprint density at radius 1 is 0.729 bits per heavy atom. The van der Waals surface area contributed by atoms with Crippen molar-refractivity contribution in [3.05, 3.63) is 144 Å². The highest BCUT2D eigenvalue weighted by Gasteiger charge is 2.56. The largest absolute Gasteiger partial charge is 0.480 e. The third kappa shape index (κ3) is 14.5. The van der Waals surface area contributed by atoms with E-state index in [9.17, 15) is 38.7 Å². The number of ether oxygens (including phenoxy) is 2. The van der Waals surface area contributed by atoms with Gasteiger partial charge in [-0.2, -0.15) is 0 Å². The van der Waals surface area contributed by atoms with Gasteiger partial charge < -0.3 is 45.2 Å². The SMILES string of the molecule is CC[C@H](C)[C@@H]([C@@H](CC(=O)N1CCC[C@H]1[C@H](OC)[C@@H](C)C(=O)N[C@@H](Cc1ccccc1)C(=O)O)OC)N(C)C(=O)[C@@H](NC(=O)[C@@H]1[C@H]2CC[C@H](C2)N1C(=O)CCCCCNC(=O)[C@H]1CN1C(c1ccccc1)(c1ccccc1)c1ccccc1)C(C)C. The fraction of sp³-hybridized carbons (Fsp3) is 0.544. The van der Waals surface area contributed by atoms with E-state index < -0.39 is 65.8 Å². The minimum atomic E-state index is -1.16. The van der Waals surface area contributed by atoms with Gasteiger partial charge in [0.15, 0.2) is 0 Å². The molecule has 4 aliphatic rings. The lowest BCUT2D eigenvalue weighted by molar-refractivity contribution is -0.149. The maximum atomic E-state index is 14.9. The van der Waals surface area contributed by atoms with Crippen molar-refractivity contribution in [2.24, 2.45) is 23.7 Å². The molecule has 3 heterocycles. The van der Waals surface area contributed by atoms with E-state index >= 15 is 0 Å². The summed E-state index contributed by atoms with van der Waals surface area (Å²) in [5, 5.41) is 19.0. The van der Waals surface area contributed by atoms with Gasteiger partial charge in [-0.1, -0.05) is 169 Å². The van der Waals surface area contributed by atoms with E-state index in [1.165, 1.54) is 14.2 Å². The lowest BCUT2D eigenvalue weighted by Gasteiger charge is -2.41. The molecule has 1 saturated carbocycles. The number of carboxylic acids is 1. The van der Waals surface area contributed by atoms with E-state index in [1.807, 2.05) is 113 Å². The summed E-state index contributed by atoms with van der Waals surface area (Å²) >= 11 is 0. The molecule has 0 spiro atoms. The normalized spacial score (nSPS) is 22.4. The van der Waals surface area contributed by atoms with Crippen LogP contribution >= 0.6 is 0 Å². The first kappa shape index (κ1) is 64.1. The predicted molar refractivity (Wildman–Crippen MR) is 326 cm³/mol. The Balaban J connectivity index is 0.847. The first-order valence-electron chi connectivity index (χ1n) is 31.0. The van der Waals surface area contributed by atoms with Crippen molar-refractivity contribution >= 4 is 41.4 Å². The zero-order valence-electron chi connectivity index (χ0n) is 51.1. The number of aliphatic carboxylic acids is 1. The van der Waals surface area contributed by atoms with Crippen LogP contribution < -0.4 is 16.0 Å². The quantitative estimate of drug-likeness (QED) is 0.0227. The van der Waals surface area contributed by atoms with E-state index in [2.05, 4.69) is 57.2 Å². The van der Waals surface area contributed by atoms with E-state index in [1.54, 1.807) is 28.7 Å². The third-order valence-electron chi connectivity index (χ3n) is 18.8. The molecule has 1 unspecified atom stereocenters. The summed E-state index contributed by atoms with van der Waals surface area (Å²) < 4.78 is 12.1. The first-order valence-corrected chi connectivity index (χ1v) is 31.0. The summed E-state index contributed by atoms with van der Waals surface area (Å²) in [5.41, 5.74) is 3.38. The number of fused-ring (bicyclic) bond motifs is 2. The number of nitrogens with zero attached hydrogens (tertiary/aromatic N) is 4. The van der Waals surface area contributed by atoms with Crippen molar-refractivity contribution in [2.75, 3.05) is 40.9 Å². The Labute approximate surface area is 502 Å². The smallest absolute Gasteiger partial charge is 0.326 e. The topological polar surface area (TPSA) is 207 Å². The molecule has 3 aliphatic heterocycles. The molecule has 1 aliphatic carbocycles. The van der Waals surface area contributed by atoms with Crippen LogP contribution in [0, 0.1) is 23.7 Å². The van der Waals surface area contributed by atoms with Crippen molar-refractivity contribution in [1.82, 2.24) is 35.6 Å². The van der Waals surface area contributed by atoms with Crippen LogP contribution in [-0.4, -0.2) is 162 Å². The van der Waals surface area contributed by atoms with Crippen LogP contribution in [0.15, 0.2) is 121 Å². The van der Waals surface area contributed by atoms with E-state index in [4.69, 9.17) is 9.47 Å². The summed E-state index contributed by atoms with van der Waals surface area (Å²) in [6, 6.07) is 36.0. The second-order valence-corrected chi connectivity index (χ2v) is 24.5. The molecule has 13 atom stereocenters. The van der Waals surface area contributed by atoms with Crippen LogP contribution in [0.4, 0.5) is 0 Å². The summed E-state index contributed by atoms with van der Waals surface area (Å²) in [6.07, 6.45) is 5.18. The molecule has 0 radical (unpaired) electrons. The maximum absolute atomic E-state index is 14.9. The molecule has 2 bridgehead atoms. The van der Waals surface area contributed by atoms with Gasteiger partial charge in [0.05, 0.1) is 42.2 Å². The summed E-state index contributed by atoms with van der Waals surface area (Å²) in [7, 11) is 4.73. The van der Waals surface area contributed by atoms with Crippen molar-refractivity contribution in [2.45, 2.75) is 172 Å². The number of likely N-dealkylation sites (N-methyl/N-ethyl adjacent to an activating group) is 1. The summed E-state index contributed by atoms with van der Waals surface area (Å²) in [5.74, 6) is -3.86. The van der Waals surface area contributed by atoms with E-state index in [0.29, 0.717) is 51.7 Å². The zero-order chi connectivity index (χ0) is 61.0. The fourth-order valence-electron chi connectivity index (χ4n) is 14.1. The van der Waals surface area contributed by atoms with Crippen molar-refractivity contribution in [3.63, 3.8) is 0 Å². The second kappa shape index (κ2) is 29.4. The van der Waals surface area contributed by atoms with Gasteiger partial charge >= 0.3 is 5.97 Å². The Hall–Kier alpha value is -6.95. The van der Waals surface area contributed by atoms with Gasteiger partial charge in [0.25, 0.3) is 0 Å². The van der Waals surface area contributed by atoms with Crippen LogP contribution in [-0.2, 0) is 55.0 Å². The molecule has 17 nitrogen and oxygen atoms in total. The van der Waals surface area contributed by atoms with Gasteiger partial charge in [0.2, 0.25) is 35.4 Å². The number of amides is 6. The zero-order valence-corrected chi connectivity index (χ0v) is 51.1. The molecular formula is C68H91N7O10. The molecular weight excluding hydrogens is 1070 g/mol. The Kier molecular flexibility index (Phi) is 22.2. The van der Waals surface area contributed by atoms with Crippen LogP contribution in [0.25, 0.3) is 0 Å². The van der Waals surface area contributed by atoms with E-state index in [0.717, 1.165) is 47.9 Å². The summed E-state index contributed by atoms with van der Waals surface area (Å²) in [6.45, 7) is 11.0. The third-order valence-corrected chi connectivity index (χ3v) is 18.8. The average Bonchev–Trinajstić information content (AvgIpc) is 2.58. The minimum absolute atomic E-state index is 0.0151. The van der Waals surface area contributed by atoms with Gasteiger partial charge in [-0.05, 0) is 85.0 Å². The maximum Gasteiger partial charge on any atom is 0.326 e. The monoisotopic (exact) mass is 1170 g/mol. The average molecular weight is 1170 g/mol. The number of unbranched alkanes of at least 4 members (excludes halogenated alkanes) is 2. The number of benzene rings is 4. The highest BCUT2D eigenvalue weighted by Crippen LogP contribution is 2.48. The number of hydrogen-bond acceptors (Lipinski definition) is 10. The van der Waals surface area contributed by atoms with Crippen molar-refractivity contribution in [1.29, 1.82) is 0 Å². The molecule has 17 heteroatoms. The molecule has 4 aromatic rings. The lowest BCUT2D eigenvalue weighted by atomic mass is 9.76. The molecule has 4 N–H and O–H groups in total. The van der Waals surface area contributed by atoms with Crippen LogP contribution in [0.2, 0.25) is 0 Å². The molecule has 458 valence electrons. The van der Waals surface area contributed by atoms with E-state index in [-0.39, 0.29) is 78.6 Å². The van der Waals surface area contributed by atoms with Gasteiger partial charge in [-0.3, -0.25) is 33.7 Å². The molecule has 85 heavy (non-hydrogen) atoms. The van der Waals surface area contributed by atoms with Crippen LogP contribution in [0.1, 0.15) is 128 Å². The van der Waals surface area contributed by atoms with Gasteiger partial charge in [-0.15, -0.1) is 0 Å². The van der Waals surface area contributed by atoms with Crippen LogP contribution in [0.3, 0.4) is 0 Å². The number of carbonyl (C=O) groups excluding carboxylic acids is 6. The van der Waals surface area contributed by atoms with Crippen molar-refractivity contribution in [3.8, 4) is 0 Å². The van der Waals surface area contributed by atoms with Gasteiger partial charge in [0.1, 0.15) is 24.2 Å². The number of nitrogens with one attached hydrogen (secondary N) is 3. The van der Waals surface area contributed by atoms with Crippen LogP contribution in [0.5, 0.6) is 0 Å². The number of likely N-dealkylation sites (tertiary alicyclic amines) is 2. The van der Waals surface area contributed by atoms with Gasteiger partial charge in [-0.25, -0.2) is 4.79 Å². The lowest BCUT2D eigenvalue weighted by Crippen LogP contribution is -2.60. The van der Waals surface area contributed by atoms with Gasteiger partial charge in [0, 0.05) is 59.8 Å². The molecule has 3 saturated heterocycles. The standard InChI is InChI=1S/C68H91N7O10/c1-9-45(4)60(56(84-7)42-58(77)73-39-25-34-54(73)62(85-8)46(5)63(78)70-53(67(82)83)40-47-26-15-10-16-27-47)72(6)66(81)59(44(2)3)71-65(80)61-48-36-37-52(41-48)75(61)57(76)35-23-14-24-38-69-64(79)55-43-74(55)68(49-28-17-11-18-29-49,50-30-19-12-20-31-50)51-32-21-13-22-33-51/h10-13,15-22,26-33,44-46,48,52-56,59-62H,9,14,23-25,34-43H2,1-8H3,(H,69,79)(H,70,78)(H,71,80)(H,82,83)/t45-,46+,48-,52+,53-,54-,55+,56+,59-,60-,61-,62+,74?/m0/s1. The highest BCUT2D eigenvalue weighted by molar-refractivity contribution is 5.93. The molecule has 4 fully saturated rings. The Morgan fingerprint density at radius 2 is 1.33 bits per heavy atom. The summed E-state index contributed by atoms with van der Waals surface area (Å²) in [4.78, 5) is 105. The number of carboxylic acid groups (broad SMARTS) is 1. The predicted octanol–water partition coefficient (Wildman–Crippen LogP) is 7.59. The number of piperidine rings is 1. The molecule has 4 aromatic carbocycles. The molecule has 6 amide bonds. The molecule has 0 aromatic heterocycles. The highest BCUT2D eigenvalue weighted by atomic mass is 16.5. The number of methoxy groups -OCH3 is 2. The first-order chi connectivity index (χ1) is 41.0. The molecule has 8 rings (SSSR count). The number of rotatable bonds is 30.